The average Bonchev–Trinajstić information content (AvgIpc) is 2.71. The summed E-state index contributed by atoms with van der Waals surface area (Å²) in [6.07, 6.45) is 4.80. The molecule has 1 saturated heterocycles. The number of rotatable bonds is 3. The second kappa shape index (κ2) is 4.99. The van der Waals surface area contributed by atoms with E-state index in [1.807, 2.05) is 12.1 Å². The predicted molar refractivity (Wildman–Crippen MR) is 56.9 cm³/mol. The highest BCUT2D eigenvalue weighted by molar-refractivity contribution is 4.98. The van der Waals surface area contributed by atoms with Gasteiger partial charge in [0.25, 0.3) is 0 Å². The van der Waals surface area contributed by atoms with Crippen molar-refractivity contribution in [3.8, 4) is 6.07 Å². The van der Waals surface area contributed by atoms with Crippen molar-refractivity contribution in [2.75, 3.05) is 13.1 Å². The summed E-state index contributed by atoms with van der Waals surface area (Å²) in [5.74, 6) is 1.58. The number of hydrogen-bond donors (Lipinski definition) is 0. The number of likely N-dealkylation sites (tertiary alicyclic amines) is 1. The summed E-state index contributed by atoms with van der Waals surface area (Å²) in [5.41, 5.74) is 0. The molecule has 15 heavy (non-hydrogen) atoms. The van der Waals surface area contributed by atoms with Crippen molar-refractivity contribution in [3.63, 3.8) is 0 Å². The van der Waals surface area contributed by atoms with Gasteiger partial charge in [0.15, 0.2) is 0 Å². The molecule has 3 heteroatoms. The fraction of sp³-hybridized carbons (Fsp3) is 0.583. The van der Waals surface area contributed by atoms with E-state index in [0.717, 1.165) is 25.4 Å². The molecule has 1 unspecified atom stereocenters. The standard InChI is InChI=1S/C12H16N2O/c13-6-5-11-3-1-7-14(9-11)10-12-4-2-8-15-12/h2,4,8,11H,1,3,5,7,9-10H2. The zero-order chi connectivity index (χ0) is 10.5. The van der Waals surface area contributed by atoms with E-state index in [1.54, 1.807) is 6.26 Å². The molecule has 0 N–H and O–H groups in total. The van der Waals surface area contributed by atoms with Crippen molar-refractivity contribution in [2.24, 2.45) is 5.92 Å². The lowest BCUT2D eigenvalue weighted by Crippen LogP contribution is -2.34. The molecule has 3 nitrogen and oxygen atoms in total. The van der Waals surface area contributed by atoms with Gasteiger partial charge in [-0.1, -0.05) is 0 Å². The van der Waals surface area contributed by atoms with E-state index in [2.05, 4.69) is 11.0 Å². The minimum Gasteiger partial charge on any atom is -0.468 e. The molecule has 1 aliphatic rings. The van der Waals surface area contributed by atoms with Crippen LogP contribution >= 0.6 is 0 Å². The van der Waals surface area contributed by atoms with Crippen LogP contribution in [0, 0.1) is 17.2 Å². The lowest BCUT2D eigenvalue weighted by Gasteiger charge is -2.30. The van der Waals surface area contributed by atoms with Gasteiger partial charge in [-0.3, -0.25) is 4.90 Å². The normalized spacial score (nSPS) is 22.5. The summed E-state index contributed by atoms with van der Waals surface area (Å²) in [6, 6.07) is 6.20. The lowest BCUT2D eigenvalue weighted by molar-refractivity contribution is 0.159. The first-order valence-corrected chi connectivity index (χ1v) is 5.50. The largest absolute Gasteiger partial charge is 0.468 e. The fourth-order valence-corrected chi connectivity index (χ4v) is 2.21. The second-order valence-corrected chi connectivity index (χ2v) is 4.18. The van der Waals surface area contributed by atoms with E-state index < -0.39 is 0 Å². The monoisotopic (exact) mass is 204 g/mol. The zero-order valence-electron chi connectivity index (χ0n) is 8.85. The summed E-state index contributed by atoms with van der Waals surface area (Å²) in [5, 5.41) is 8.67. The van der Waals surface area contributed by atoms with Crippen LogP contribution < -0.4 is 0 Å². The highest BCUT2D eigenvalue weighted by Gasteiger charge is 2.20. The Morgan fingerprint density at radius 1 is 1.60 bits per heavy atom. The molecule has 1 aromatic heterocycles. The van der Waals surface area contributed by atoms with Crippen molar-refractivity contribution in [1.82, 2.24) is 4.90 Å². The van der Waals surface area contributed by atoms with Crippen LogP contribution in [0.3, 0.4) is 0 Å². The summed E-state index contributed by atoms with van der Waals surface area (Å²) >= 11 is 0. The first kappa shape index (κ1) is 10.3. The molecule has 1 atom stereocenters. The maximum absolute atomic E-state index is 8.67. The van der Waals surface area contributed by atoms with Crippen molar-refractivity contribution < 1.29 is 4.42 Å². The summed E-state index contributed by atoms with van der Waals surface area (Å²) in [7, 11) is 0. The number of hydrogen-bond acceptors (Lipinski definition) is 3. The highest BCUT2D eigenvalue weighted by Crippen LogP contribution is 2.20. The Bertz CT molecular complexity index is 326. The average molecular weight is 204 g/mol. The van der Waals surface area contributed by atoms with Crippen LogP contribution in [0.5, 0.6) is 0 Å². The summed E-state index contributed by atoms with van der Waals surface area (Å²) in [6.45, 7) is 3.05. The van der Waals surface area contributed by atoms with Crippen LogP contribution in [0.1, 0.15) is 25.0 Å². The molecule has 2 heterocycles. The van der Waals surface area contributed by atoms with Crippen molar-refractivity contribution >= 4 is 0 Å². The first-order valence-electron chi connectivity index (χ1n) is 5.50. The Morgan fingerprint density at radius 3 is 3.27 bits per heavy atom. The molecule has 0 saturated carbocycles. The third-order valence-corrected chi connectivity index (χ3v) is 2.94. The zero-order valence-corrected chi connectivity index (χ0v) is 8.85. The van der Waals surface area contributed by atoms with E-state index >= 15 is 0 Å². The Balaban J connectivity index is 1.85. The first-order chi connectivity index (χ1) is 7.38. The van der Waals surface area contributed by atoms with Gasteiger partial charge in [0.1, 0.15) is 5.76 Å². The number of furan rings is 1. The van der Waals surface area contributed by atoms with Gasteiger partial charge >= 0.3 is 0 Å². The Kier molecular flexibility index (Phi) is 3.41. The number of nitrogens with zero attached hydrogens (tertiary/aromatic N) is 2. The lowest BCUT2D eigenvalue weighted by atomic mass is 9.95. The molecular weight excluding hydrogens is 188 g/mol. The maximum Gasteiger partial charge on any atom is 0.117 e. The predicted octanol–water partition coefficient (Wildman–Crippen LogP) is 2.41. The van der Waals surface area contributed by atoms with Gasteiger partial charge in [0, 0.05) is 13.0 Å². The third kappa shape index (κ3) is 2.84. The molecule has 0 spiro atoms. The molecule has 1 aliphatic heterocycles. The second-order valence-electron chi connectivity index (χ2n) is 4.18. The molecule has 80 valence electrons. The van der Waals surface area contributed by atoms with Crippen LogP contribution in [-0.2, 0) is 6.54 Å². The molecular formula is C12H16N2O. The van der Waals surface area contributed by atoms with Gasteiger partial charge in [0.05, 0.1) is 18.9 Å². The number of piperidine rings is 1. The Labute approximate surface area is 90.3 Å². The Hall–Kier alpha value is -1.27. The van der Waals surface area contributed by atoms with E-state index in [4.69, 9.17) is 9.68 Å². The molecule has 0 aromatic carbocycles. The maximum atomic E-state index is 8.67. The van der Waals surface area contributed by atoms with Crippen LogP contribution in [0.4, 0.5) is 0 Å². The van der Waals surface area contributed by atoms with Crippen LogP contribution in [0.15, 0.2) is 22.8 Å². The smallest absolute Gasteiger partial charge is 0.117 e. The molecule has 2 rings (SSSR count). The molecule has 0 aliphatic carbocycles. The van der Waals surface area contributed by atoms with Crippen LogP contribution in [-0.4, -0.2) is 18.0 Å². The molecule has 1 fully saturated rings. The molecule has 0 radical (unpaired) electrons. The van der Waals surface area contributed by atoms with Gasteiger partial charge in [0.2, 0.25) is 0 Å². The van der Waals surface area contributed by atoms with E-state index in [0.29, 0.717) is 12.3 Å². The topological polar surface area (TPSA) is 40.2 Å². The van der Waals surface area contributed by atoms with E-state index in [1.165, 1.54) is 12.8 Å². The van der Waals surface area contributed by atoms with Crippen molar-refractivity contribution in [2.45, 2.75) is 25.8 Å². The van der Waals surface area contributed by atoms with Gasteiger partial charge in [-0.05, 0) is 37.4 Å². The van der Waals surface area contributed by atoms with Crippen molar-refractivity contribution in [3.05, 3.63) is 24.2 Å². The Morgan fingerprint density at radius 2 is 2.53 bits per heavy atom. The quantitative estimate of drug-likeness (QED) is 0.759. The summed E-state index contributed by atoms with van der Waals surface area (Å²) < 4.78 is 5.32. The van der Waals surface area contributed by atoms with Crippen LogP contribution in [0.2, 0.25) is 0 Å². The minimum atomic E-state index is 0.554. The number of nitriles is 1. The van der Waals surface area contributed by atoms with Gasteiger partial charge < -0.3 is 4.42 Å². The molecule has 0 amide bonds. The van der Waals surface area contributed by atoms with Crippen molar-refractivity contribution in [1.29, 1.82) is 5.26 Å². The van der Waals surface area contributed by atoms with Gasteiger partial charge in [-0.15, -0.1) is 0 Å². The van der Waals surface area contributed by atoms with Gasteiger partial charge in [-0.25, -0.2) is 0 Å². The highest BCUT2D eigenvalue weighted by atomic mass is 16.3. The van der Waals surface area contributed by atoms with E-state index in [9.17, 15) is 0 Å². The van der Waals surface area contributed by atoms with E-state index in [-0.39, 0.29) is 0 Å². The fourth-order valence-electron chi connectivity index (χ4n) is 2.21. The SMILES string of the molecule is N#CCC1CCCN(Cc2ccco2)C1. The van der Waals surface area contributed by atoms with Crippen LogP contribution in [0.25, 0.3) is 0 Å². The molecule has 0 bridgehead atoms. The third-order valence-electron chi connectivity index (χ3n) is 2.94. The van der Waals surface area contributed by atoms with Gasteiger partial charge in [-0.2, -0.15) is 5.26 Å². The summed E-state index contributed by atoms with van der Waals surface area (Å²) in [4.78, 5) is 2.38. The molecule has 1 aromatic rings. The minimum absolute atomic E-state index is 0.554.